The van der Waals surface area contributed by atoms with Gasteiger partial charge in [0.1, 0.15) is 11.8 Å². The monoisotopic (exact) mass is 250 g/mol. The lowest BCUT2D eigenvalue weighted by molar-refractivity contribution is -0.142. The number of nitrogens with one attached hydrogen (secondary N) is 1. The van der Waals surface area contributed by atoms with Gasteiger partial charge >= 0.3 is 5.97 Å². The van der Waals surface area contributed by atoms with E-state index in [1.54, 1.807) is 13.3 Å². The molecule has 2 rings (SSSR count). The standard InChI is InChI=1S/C13H18N2O3/c1-17-11-4-9(6-14-8-11)3-10-5-12(15-7-10)13(16)18-2/h4,6,8,10,12,15H,3,5,7H2,1-2H3/t10?,12-/m0/s1. The van der Waals surface area contributed by atoms with Crippen molar-refractivity contribution >= 4 is 5.97 Å². The van der Waals surface area contributed by atoms with Crippen molar-refractivity contribution in [1.82, 2.24) is 10.3 Å². The van der Waals surface area contributed by atoms with Crippen molar-refractivity contribution in [2.45, 2.75) is 18.9 Å². The topological polar surface area (TPSA) is 60.5 Å². The molecule has 0 saturated carbocycles. The van der Waals surface area contributed by atoms with Crippen molar-refractivity contribution < 1.29 is 14.3 Å². The van der Waals surface area contributed by atoms with Gasteiger partial charge < -0.3 is 14.8 Å². The lowest BCUT2D eigenvalue weighted by Crippen LogP contribution is -2.31. The second-order valence-corrected chi connectivity index (χ2v) is 4.52. The number of esters is 1. The molecule has 5 nitrogen and oxygen atoms in total. The van der Waals surface area contributed by atoms with Crippen LogP contribution in [0.4, 0.5) is 0 Å². The first-order valence-electron chi connectivity index (χ1n) is 6.02. The molecular formula is C13H18N2O3. The van der Waals surface area contributed by atoms with Crippen LogP contribution in [-0.4, -0.2) is 37.8 Å². The Morgan fingerprint density at radius 2 is 2.33 bits per heavy atom. The summed E-state index contributed by atoms with van der Waals surface area (Å²) in [6.07, 6.45) is 5.23. The summed E-state index contributed by atoms with van der Waals surface area (Å²) < 4.78 is 9.88. The summed E-state index contributed by atoms with van der Waals surface area (Å²) in [7, 11) is 3.05. The van der Waals surface area contributed by atoms with Crippen LogP contribution in [0.2, 0.25) is 0 Å². The fraction of sp³-hybridized carbons (Fsp3) is 0.538. The Morgan fingerprint density at radius 1 is 1.50 bits per heavy atom. The number of pyridine rings is 1. The van der Waals surface area contributed by atoms with Crippen LogP contribution in [0, 0.1) is 5.92 Å². The third-order valence-electron chi connectivity index (χ3n) is 3.24. The average Bonchev–Trinajstić information content (AvgIpc) is 2.86. The molecule has 0 bridgehead atoms. The van der Waals surface area contributed by atoms with Crippen LogP contribution >= 0.6 is 0 Å². The van der Waals surface area contributed by atoms with Crippen LogP contribution in [-0.2, 0) is 16.0 Å². The van der Waals surface area contributed by atoms with Gasteiger partial charge in [-0.15, -0.1) is 0 Å². The molecule has 18 heavy (non-hydrogen) atoms. The van der Waals surface area contributed by atoms with Crippen LogP contribution in [0.15, 0.2) is 18.5 Å². The molecule has 1 aromatic rings. The minimum absolute atomic E-state index is 0.168. The zero-order valence-corrected chi connectivity index (χ0v) is 10.7. The number of nitrogens with zero attached hydrogens (tertiary/aromatic N) is 1. The largest absolute Gasteiger partial charge is 0.495 e. The molecule has 0 radical (unpaired) electrons. The van der Waals surface area contributed by atoms with Gasteiger partial charge in [0.25, 0.3) is 0 Å². The summed E-state index contributed by atoms with van der Waals surface area (Å²) in [5.41, 5.74) is 1.13. The molecule has 0 aliphatic carbocycles. The van der Waals surface area contributed by atoms with Crippen LogP contribution in [0.25, 0.3) is 0 Å². The first-order valence-corrected chi connectivity index (χ1v) is 6.02. The number of carbonyl (C=O) groups excluding carboxylic acids is 1. The van der Waals surface area contributed by atoms with Crippen molar-refractivity contribution in [3.8, 4) is 5.75 Å². The molecular weight excluding hydrogens is 232 g/mol. The van der Waals surface area contributed by atoms with E-state index in [4.69, 9.17) is 9.47 Å². The predicted octanol–water partition coefficient (Wildman–Crippen LogP) is 0.784. The SMILES string of the molecule is COC(=O)[C@@H]1CC(Cc2cncc(OC)c2)CN1. The zero-order valence-electron chi connectivity index (χ0n) is 10.7. The molecule has 0 amide bonds. The number of rotatable bonds is 4. The number of carbonyl (C=O) groups is 1. The van der Waals surface area contributed by atoms with Gasteiger partial charge in [0.15, 0.2) is 0 Å². The maximum Gasteiger partial charge on any atom is 0.322 e. The number of ether oxygens (including phenoxy) is 2. The first-order chi connectivity index (χ1) is 8.72. The highest BCUT2D eigenvalue weighted by atomic mass is 16.5. The minimum atomic E-state index is -0.179. The predicted molar refractivity (Wildman–Crippen MR) is 66.4 cm³/mol. The van der Waals surface area contributed by atoms with Crippen molar-refractivity contribution in [3.05, 3.63) is 24.0 Å². The molecule has 0 spiro atoms. The summed E-state index contributed by atoms with van der Waals surface area (Å²) >= 11 is 0. The fourth-order valence-electron chi connectivity index (χ4n) is 2.31. The molecule has 1 fully saturated rings. The molecule has 98 valence electrons. The number of hydrogen-bond donors (Lipinski definition) is 1. The molecule has 1 unspecified atom stereocenters. The third kappa shape index (κ3) is 2.98. The number of methoxy groups -OCH3 is 2. The van der Waals surface area contributed by atoms with Gasteiger partial charge in [-0.2, -0.15) is 0 Å². The molecule has 1 saturated heterocycles. The van der Waals surface area contributed by atoms with Crippen molar-refractivity contribution in [2.24, 2.45) is 5.92 Å². The van der Waals surface area contributed by atoms with Crippen LogP contribution in [0.3, 0.4) is 0 Å². The normalized spacial score (nSPS) is 22.8. The van der Waals surface area contributed by atoms with Crippen LogP contribution in [0.5, 0.6) is 5.75 Å². The first kappa shape index (κ1) is 12.8. The van der Waals surface area contributed by atoms with Gasteiger partial charge in [-0.05, 0) is 36.9 Å². The Labute approximate surface area is 107 Å². The van der Waals surface area contributed by atoms with Crippen molar-refractivity contribution in [3.63, 3.8) is 0 Å². The van der Waals surface area contributed by atoms with Gasteiger partial charge in [0.2, 0.25) is 0 Å². The van der Waals surface area contributed by atoms with Crippen LogP contribution in [0.1, 0.15) is 12.0 Å². The molecule has 2 atom stereocenters. The lowest BCUT2D eigenvalue weighted by Gasteiger charge is -2.09. The van der Waals surface area contributed by atoms with E-state index in [1.807, 2.05) is 12.3 Å². The van der Waals surface area contributed by atoms with E-state index in [0.717, 1.165) is 30.7 Å². The Morgan fingerprint density at radius 3 is 3.06 bits per heavy atom. The molecule has 1 aliphatic heterocycles. The Balaban J connectivity index is 1.92. The quantitative estimate of drug-likeness (QED) is 0.800. The van der Waals surface area contributed by atoms with Gasteiger partial charge in [0, 0.05) is 6.20 Å². The van der Waals surface area contributed by atoms with Gasteiger partial charge in [-0.1, -0.05) is 0 Å². The summed E-state index contributed by atoms with van der Waals surface area (Å²) in [6, 6.07) is 1.82. The Bertz CT molecular complexity index is 422. The van der Waals surface area contributed by atoms with Crippen molar-refractivity contribution in [2.75, 3.05) is 20.8 Å². The Kier molecular flexibility index (Phi) is 4.15. The fourth-order valence-corrected chi connectivity index (χ4v) is 2.31. The summed E-state index contributed by atoms with van der Waals surface area (Å²) in [6.45, 7) is 0.830. The molecule has 1 aliphatic rings. The van der Waals surface area contributed by atoms with E-state index < -0.39 is 0 Å². The minimum Gasteiger partial charge on any atom is -0.495 e. The second kappa shape index (κ2) is 5.82. The van der Waals surface area contributed by atoms with Gasteiger partial charge in [-0.3, -0.25) is 9.78 Å². The summed E-state index contributed by atoms with van der Waals surface area (Å²) in [4.78, 5) is 15.5. The molecule has 1 aromatic heterocycles. The van der Waals surface area contributed by atoms with Gasteiger partial charge in [0.05, 0.1) is 20.4 Å². The highest BCUT2D eigenvalue weighted by Gasteiger charge is 2.29. The van der Waals surface area contributed by atoms with E-state index in [2.05, 4.69) is 10.3 Å². The zero-order chi connectivity index (χ0) is 13.0. The second-order valence-electron chi connectivity index (χ2n) is 4.52. The smallest absolute Gasteiger partial charge is 0.322 e. The molecule has 1 N–H and O–H groups in total. The van der Waals surface area contributed by atoms with E-state index in [1.165, 1.54) is 7.11 Å². The van der Waals surface area contributed by atoms with Crippen LogP contribution < -0.4 is 10.1 Å². The highest BCUT2D eigenvalue weighted by molar-refractivity contribution is 5.76. The van der Waals surface area contributed by atoms with E-state index >= 15 is 0 Å². The van der Waals surface area contributed by atoms with E-state index in [-0.39, 0.29) is 12.0 Å². The number of hydrogen-bond acceptors (Lipinski definition) is 5. The van der Waals surface area contributed by atoms with E-state index in [9.17, 15) is 4.79 Å². The molecule has 2 heterocycles. The maximum absolute atomic E-state index is 11.4. The summed E-state index contributed by atoms with van der Waals surface area (Å²) in [5.74, 6) is 1.02. The van der Waals surface area contributed by atoms with Gasteiger partial charge in [-0.25, -0.2) is 0 Å². The third-order valence-corrected chi connectivity index (χ3v) is 3.24. The molecule has 0 aromatic carbocycles. The Hall–Kier alpha value is -1.62. The average molecular weight is 250 g/mol. The maximum atomic E-state index is 11.4. The van der Waals surface area contributed by atoms with Crippen molar-refractivity contribution in [1.29, 1.82) is 0 Å². The number of aromatic nitrogens is 1. The van der Waals surface area contributed by atoms with E-state index in [0.29, 0.717) is 5.92 Å². The lowest BCUT2D eigenvalue weighted by atomic mass is 9.97. The molecule has 5 heteroatoms. The summed E-state index contributed by atoms with van der Waals surface area (Å²) in [5, 5.41) is 3.18. The highest BCUT2D eigenvalue weighted by Crippen LogP contribution is 2.21.